The minimum atomic E-state index is -0.541. The number of benzene rings is 2. The molecule has 2 aliphatic heterocycles. The maximum atomic E-state index is 13.2. The summed E-state index contributed by atoms with van der Waals surface area (Å²) in [6.45, 7) is 7.00. The Kier molecular flexibility index (Phi) is 5.98. The van der Waals surface area contributed by atoms with Gasteiger partial charge in [-0.15, -0.1) is 11.3 Å². The second-order valence-electron chi connectivity index (χ2n) is 10.9. The number of hydrogen-bond donors (Lipinski definition) is 2. The topological polar surface area (TPSA) is 95.1 Å². The first-order chi connectivity index (χ1) is 18.2. The molecule has 0 saturated heterocycles. The fraction of sp³-hybridized carbons (Fsp3) is 0.379. The van der Waals surface area contributed by atoms with Crippen LogP contribution in [0.5, 0.6) is 23.0 Å². The third-order valence-corrected chi connectivity index (χ3v) is 8.79. The minimum Gasteiger partial charge on any atom is -0.493 e. The highest BCUT2D eigenvalue weighted by atomic mass is 32.1. The van der Waals surface area contributed by atoms with E-state index in [2.05, 4.69) is 31.4 Å². The molecule has 2 aromatic carbocycles. The predicted octanol–water partition coefficient (Wildman–Crippen LogP) is 5.71. The number of nitrogens with one attached hydrogen (secondary N) is 2. The third-order valence-electron chi connectivity index (χ3n) is 7.60. The number of thiophene rings is 1. The van der Waals surface area contributed by atoms with Crippen LogP contribution in [0.25, 0.3) is 0 Å². The van der Waals surface area contributed by atoms with Gasteiger partial charge in [-0.2, -0.15) is 0 Å². The van der Waals surface area contributed by atoms with Crippen LogP contribution in [0.1, 0.15) is 70.1 Å². The molecule has 9 heteroatoms. The van der Waals surface area contributed by atoms with Crippen molar-refractivity contribution in [3.63, 3.8) is 0 Å². The largest absolute Gasteiger partial charge is 0.493 e. The van der Waals surface area contributed by atoms with Gasteiger partial charge in [-0.05, 0) is 72.1 Å². The summed E-state index contributed by atoms with van der Waals surface area (Å²) in [7, 11) is 1.51. The maximum absolute atomic E-state index is 13.2. The van der Waals surface area contributed by atoms with Gasteiger partial charge in [-0.1, -0.05) is 26.8 Å². The van der Waals surface area contributed by atoms with Gasteiger partial charge in [0.05, 0.1) is 18.2 Å². The molecule has 3 heterocycles. The summed E-state index contributed by atoms with van der Waals surface area (Å²) < 4.78 is 21.8. The van der Waals surface area contributed by atoms with E-state index in [-0.39, 0.29) is 23.9 Å². The van der Waals surface area contributed by atoms with Crippen LogP contribution in [0.3, 0.4) is 0 Å². The Balaban J connectivity index is 1.21. The maximum Gasteiger partial charge on any atom is 0.343 e. The van der Waals surface area contributed by atoms with Gasteiger partial charge < -0.3 is 29.6 Å². The number of ether oxygens (including phenoxy) is 4. The van der Waals surface area contributed by atoms with Crippen molar-refractivity contribution in [3.8, 4) is 23.0 Å². The molecule has 198 valence electrons. The lowest BCUT2D eigenvalue weighted by atomic mass is 9.72. The van der Waals surface area contributed by atoms with E-state index in [1.54, 1.807) is 41.7 Å². The number of anilines is 1. The van der Waals surface area contributed by atoms with E-state index in [9.17, 15) is 9.59 Å². The second kappa shape index (κ2) is 9.23. The fourth-order valence-corrected chi connectivity index (χ4v) is 6.69. The summed E-state index contributed by atoms with van der Waals surface area (Å²) in [5.74, 6) is 1.76. The molecular formula is C29H30N2O6S. The molecule has 38 heavy (non-hydrogen) atoms. The van der Waals surface area contributed by atoms with Crippen LogP contribution in [0.2, 0.25) is 0 Å². The van der Waals surface area contributed by atoms with Gasteiger partial charge >= 0.3 is 5.97 Å². The Hall–Kier alpha value is -3.72. The van der Waals surface area contributed by atoms with Gasteiger partial charge in [0.15, 0.2) is 23.0 Å². The molecule has 0 radical (unpaired) electrons. The summed E-state index contributed by atoms with van der Waals surface area (Å²) in [6.07, 6.45) is 2.61. The van der Waals surface area contributed by atoms with Crippen LogP contribution in [0.15, 0.2) is 36.4 Å². The van der Waals surface area contributed by atoms with Crippen molar-refractivity contribution in [2.75, 3.05) is 19.2 Å². The highest BCUT2D eigenvalue weighted by Crippen LogP contribution is 2.46. The van der Waals surface area contributed by atoms with Crippen LogP contribution < -0.4 is 29.6 Å². The van der Waals surface area contributed by atoms with Gasteiger partial charge in [0.2, 0.25) is 6.79 Å². The van der Waals surface area contributed by atoms with Crippen molar-refractivity contribution in [1.82, 2.24) is 5.32 Å². The van der Waals surface area contributed by atoms with Crippen LogP contribution in [-0.4, -0.2) is 25.8 Å². The summed E-state index contributed by atoms with van der Waals surface area (Å²) in [5, 5.41) is 7.52. The van der Waals surface area contributed by atoms with E-state index >= 15 is 0 Å². The lowest BCUT2D eigenvalue weighted by Crippen LogP contribution is -2.38. The zero-order chi connectivity index (χ0) is 26.6. The molecule has 1 aliphatic carbocycles. The predicted molar refractivity (Wildman–Crippen MR) is 144 cm³/mol. The third kappa shape index (κ3) is 4.34. The molecule has 1 aromatic heterocycles. The van der Waals surface area contributed by atoms with Crippen LogP contribution in [0, 0.1) is 11.3 Å². The zero-order valence-corrected chi connectivity index (χ0v) is 22.6. The quantitative estimate of drug-likeness (QED) is 0.327. The Labute approximate surface area is 225 Å². The molecule has 0 fully saturated rings. The van der Waals surface area contributed by atoms with Gasteiger partial charge in [0, 0.05) is 4.88 Å². The van der Waals surface area contributed by atoms with E-state index in [1.165, 1.54) is 17.6 Å². The number of carbonyl (C=O) groups is 2. The van der Waals surface area contributed by atoms with E-state index in [4.69, 9.17) is 18.9 Å². The van der Waals surface area contributed by atoms with E-state index in [0.29, 0.717) is 28.7 Å². The van der Waals surface area contributed by atoms with E-state index < -0.39 is 12.1 Å². The molecule has 2 N–H and O–H groups in total. The Morgan fingerprint density at radius 3 is 2.66 bits per heavy atom. The van der Waals surface area contributed by atoms with Crippen LogP contribution in [0.4, 0.5) is 5.00 Å². The van der Waals surface area contributed by atoms with E-state index in [1.807, 2.05) is 6.07 Å². The molecule has 0 unspecified atom stereocenters. The first-order valence-electron chi connectivity index (χ1n) is 12.7. The Morgan fingerprint density at radius 1 is 1.05 bits per heavy atom. The molecule has 2 atom stereocenters. The van der Waals surface area contributed by atoms with Gasteiger partial charge in [0.25, 0.3) is 5.91 Å². The fourth-order valence-electron chi connectivity index (χ4n) is 5.33. The number of esters is 1. The zero-order valence-electron chi connectivity index (χ0n) is 21.8. The minimum absolute atomic E-state index is 0.0623. The van der Waals surface area contributed by atoms with Crippen molar-refractivity contribution in [1.29, 1.82) is 0 Å². The molecule has 3 aromatic rings. The summed E-state index contributed by atoms with van der Waals surface area (Å²) in [4.78, 5) is 27.3. The average Bonchev–Trinajstić information content (AvgIpc) is 3.51. The molecule has 0 saturated carbocycles. The van der Waals surface area contributed by atoms with Gasteiger partial charge in [-0.25, -0.2) is 4.79 Å². The summed E-state index contributed by atoms with van der Waals surface area (Å²) >= 11 is 1.70. The SMILES string of the molecule is COc1cc([C@H]2NC(=O)c3c(sc4c3CC[C@@H](C(C)(C)C)C4)N2)ccc1OC(=O)c1ccc2c(c1)OCO2. The van der Waals surface area contributed by atoms with Crippen molar-refractivity contribution in [3.05, 3.63) is 63.5 Å². The smallest absolute Gasteiger partial charge is 0.343 e. The van der Waals surface area contributed by atoms with Crippen LogP contribution >= 0.6 is 11.3 Å². The normalized spacial score (nSPS) is 19.6. The summed E-state index contributed by atoms with van der Waals surface area (Å²) in [6, 6.07) is 10.2. The molecule has 6 rings (SSSR count). The molecule has 0 spiro atoms. The molecule has 3 aliphatic rings. The average molecular weight is 535 g/mol. The highest BCUT2D eigenvalue weighted by molar-refractivity contribution is 7.16. The molecule has 1 amide bonds. The number of amides is 1. The van der Waals surface area contributed by atoms with Crippen LogP contribution in [-0.2, 0) is 12.8 Å². The number of hydrogen-bond acceptors (Lipinski definition) is 8. The highest BCUT2D eigenvalue weighted by Gasteiger charge is 2.36. The second-order valence-corrected chi connectivity index (χ2v) is 12.0. The number of carbonyl (C=O) groups excluding carboxylic acids is 2. The molecule has 8 nitrogen and oxygen atoms in total. The van der Waals surface area contributed by atoms with Gasteiger partial charge in [0.1, 0.15) is 11.2 Å². The van der Waals surface area contributed by atoms with Gasteiger partial charge in [-0.3, -0.25) is 4.79 Å². The Bertz CT molecular complexity index is 1440. The standard InChI is InChI=1S/C29H30N2O6S/c1-29(2,3)17-7-8-18-23(13-17)38-27-24(18)26(32)30-25(31-27)15-5-10-20(21(11-15)34-4)37-28(33)16-6-9-19-22(12-16)36-14-35-19/h5-6,9-12,17,25,31H,7-8,13-14H2,1-4H3,(H,30,32)/t17-,25+/m1/s1. The van der Waals surface area contributed by atoms with Crippen molar-refractivity contribution < 1.29 is 28.5 Å². The molecular weight excluding hydrogens is 504 g/mol. The number of fused-ring (bicyclic) bond motifs is 4. The van der Waals surface area contributed by atoms with Crippen molar-refractivity contribution >= 4 is 28.2 Å². The van der Waals surface area contributed by atoms with Crippen molar-refractivity contribution in [2.45, 2.75) is 46.2 Å². The molecule has 0 bridgehead atoms. The number of methoxy groups -OCH3 is 1. The first-order valence-corrected chi connectivity index (χ1v) is 13.5. The number of rotatable bonds is 4. The van der Waals surface area contributed by atoms with Crippen molar-refractivity contribution in [2.24, 2.45) is 11.3 Å². The lowest BCUT2D eigenvalue weighted by Gasteiger charge is -2.34. The Morgan fingerprint density at radius 2 is 1.87 bits per heavy atom. The lowest BCUT2D eigenvalue weighted by molar-refractivity contribution is 0.0729. The first kappa shape index (κ1) is 24.6. The monoisotopic (exact) mass is 534 g/mol. The van der Waals surface area contributed by atoms with E-state index in [0.717, 1.165) is 35.4 Å². The summed E-state index contributed by atoms with van der Waals surface area (Å²) in [5.41, 5.74) is 3.35.